The van der Waals surface area contributed by atoms with Crippen molar-refractivity contribution in [3.05, 3.63) is 43.3 Å². The fraction of sp³-hybridized carbons (Fsp3) is 0.364. The van der Waals surface area contributed by atoms with Crippen molar-refractivity contribution >= 4 is 27.5 Å². The normalized spacial score (nSPS) is 10.9. The summed E-state index contributed by atoms with van der Waals surface area (Å²) in [5.41, 5.74) is 2.19. The summed E-state index contributed by atoms with van der Waals surface area (Å²) in [6, 6.07) is 0. The van der Waals surface area contributed by atoms with Crippen LogP contribution in [0, 0.1) is 13.8 Å². The third kappa shape index (κ3) is 2.22. The molecule has 0 atom stereocenters. The van der Waals surface area contributed by atoms with E-state index < -0.39 is 0 Å². The Morgan fingerprint density at radius 1 is 1.39 bits per heavy atom. The Morgan fingerprint density at radius 2 is 2.06 bits per heavy atom. The van der Waals surface area contributed by atoms with E-state index in [-0.39, 0.29) is 5.56 Å². The van der Waals surface area contributed by atoms with Crippen LogP contribution in [-0.4, -0.2) is 19.3 Å². The highest BCUT2D eigenvalue weighted by molar-refractivity contribution is 9.10. The fourth-order valence-electron chi connectivity index (χ4n) is 1.68. The molecule has 0 spiro atoms. The van der Waals surface area contributed by atoms with Crippen LogP contribution < -0.4 is 5.56 Å². The molecule has 0 saturated carbocycles. The number of halogens is 2. The van der Waals surface area contributed by atoms with Crippen LogP contribution >= 0.6 is 27.5 Å². The van der Waals surface area contributed by atoms with Crippen LogP contribution in [0.1, 0.15) is 17.0 Å². The van der Waals surface area contributed by atoms with E-state index in [2.05, 4.69) is 26.0 Å². The Bertz CT molecular complexity index is 662. The molecule has 5 nitrogen and oxygen atoms in total. The minimum atomic E-state index is -0.123. The van der Waals surface area contributed by atoms with Crippen molar-refractivity contribution in [1.29, 1.82) is 0 Å². The topological polar surface area (TPSA) is 52.7 Å². The van der Waals surface area contributed by atoms with E-state index in [1.165, 1.54) is 10.9 Å². The first-order valence-electron chi connectivity index (χ1n) is 5.31. The minimum Gasteiger partial charge on any atom is -0.294 e. The Morgan fingerprint density at radius 3 is 2.61 bits per heavy atom. The van der Waals surface area contributed by atoms with E-state index in [1.807, 2.05) is 6.92 Å². The third-order valence-electron chi connectivity index (χ3n) is 2.76. The first-order valence-corrected chi connectivity index (χ1v) is 6.48. The van der Waals surface area contributed by atoms with E-state index in [0.717, 1.165) is 11.3 Å². The molecule has 96 valence electrons. The molecule has 0 fully saturated rings. The maximum Gasteiger partial charge on any atom is 0.268 e. The second-order valence-electron chi connectivity index (χ2n) is 4.06. The first kappa shape index (κ1) is 13.3. The van der Waals surface area contributed by atoms with Gasteiger partial charge in [-0.3, -0.25) is 14.0 Å². The molecule has 0 N–H and O–H groups in total. The molecular formula is C11H12BrClN4O. The van der Waals surface area contributed by atoms with Gasteiger partial charge in [-0.25, -0.2) is 4.98 Å². The number of nitrogens with zero attached hydrogens (tertiary/aromatic N) is 4. The van der Waals surface area contributed by atoms with Crippen molar-refractivity contribution in [1.82, 2.24) is 19.3 Å². The molecule has 0 bridgehead atoms. The molecule has 0 aliphatic heterocycles. The zero-order valence-electron chi connectivity index (χ0n) is 10.2. The van der Waals surface area contributed by atoms with E-state index in [1.54, 1.807) is 18.7 Å². The second kappa shape index (κ2) is 4.85. The van der Waals surface area contributed by atoms with Crippen molar-refractivity contribution in [2.45, 2.75) is 20.4 Å². The van der Waals surface area contributed by atoms with Crippen molar-refractivity contribution in [2.24, 2.45) is 7.05 Å². The molecule has 18 heavy (non-hydrogen) atoms. The molecule has 0 amide bonds. The van der Waals surface area contributed by atoms with Gasteiger partial charge < -0.3 is 0 Å². The summed E-state index contributed by atoms with van der Waals surface area (Å²) in [6.07, 6.45) is 1.52. The summed E-state index contributed by atoms with van der Waals surface area (Å²) in [5, 5.41) is 4.75. The van der Waals surface area contributed by atoms with Crippen LogP contribution in [0.15, 0.2) is 15.6 Å². The minimum absolute atomic E-state index is 0.123. The van der Waals surface area contributed by atoms with Crippen LogP contribution in [0.5, 0.6) is 0 Å². The largest absolute Gasteiger partial charge is 0.294 e. The summed E-state index contributed by atoms with van der Waals surface area (Å²) in [7, 11) is 1.77. The van der Waals surface area contributed by atoms with Gasteiger partial charge in [-0.2, -0.15) is 5.10 Å². The van der Waals surface area contributed by atoms with Gasteiger partial charge in [-0.15, -0.1) is 0 Å². The predicted molar refractivity (Wildman–Crippen MR) is 73.0 cm³/mol. The third-order valence-corrected chi connectivity index (χ3v) is 4.14. The molecular weight excluding hydrogens is 320 g/mol. The maximum absolute atomic E-state index is 12.0. The van der Waals surface area contributed by atoms with Crippen LogP contribution in [0.3, 0.4) is 0 Å². The summed E-state index contributed by atoms with van der Waals surface area (Å²) in [5.74, 6) is 0. The zero-order valence-corrected chi connectivity index (χ0v) is 12.6. The highest BCUT2D eigenvalue weighted by Crippen LogP contribution is 2.19. The van der Waals surface area contributed by atoms with Gasteiger partial charge >= 0.3 is 0 Å². The zero-order chi connectivity index (χ0) is 13.4. The van der Waals surface area contributed by atoms with Gasteiger partial charge in [-0.05, 0) is 29.8 Å². The summed E-state index contributed by atoms with van der Waals surface area (Å²) < 4.78 is 3.57. The van der Waals surface area contributed by atoms with Crippen LogP contribution in [-0.2, 0) is 13.6 Å². The van der Waals surface area contributed by atoms with Crippen LogP contribution in [0.4, 0.5) is 0 Å². The van der Waals surface area contributed by atoms with Gasteiger partial charge in [0.05, 0.1) is 24.3 Å². The lowest BCUT2D eigenvalue weighted by atomic mass is 10.2. The number of hydrogen-bond acceptors (Lipinski definition) is 3. The highest BCUT2D eigenvalue weighted by atomic mass is 79.9. The molecule has 0 aliphatic rings. The van der Waals surface area contributed by atoms with Crippen LogP contribution in [0.2, 0.25) is 5.15 Å². The molecule has 7 heteroatoms. The summed E-state index contributed by atoms with van der Waals surface area (Å²) in [6.45, 7) is 4.00. The average Bonchev–Trinajstić information content (AvgIpc) is 2.56. The molecule has 2 aromatic rings. The van der Waals surface area contributed by atoms with Crippen molar-refractivity contribution in [3.63, 3.8) is 0 Å². The molecule has 0 aliphatic carbocycles. The molecule has 0 radical (unpaired) electrons. The van der Waals surface area contributed by atoms with Crippen molar-refractivity contribution in [2.75, 3.05) is 0 Å². The lowest BCUT2D eigenvalue weighted by molar-refractivity contribution is 0.720. The lowest BCUT2D eigenvalue weighted by Gasteiger charge is -2.06. The molecule has 2 aromatic heterocycles. The SMILES string of the molecule is Cc1nn(C)c(Cl)c1Cn1cnc(C)c(Br)c1=O. The van der Waals surface area contributed by atoms with Gasteiger partial charge in [0.25, 0.3) is 5.56 Å². The van der Waals surface area contributed by atoms with Gasteiger partial charge in [0.15, 0.2) is 0 Å². The molecule has 0 aromatic carbocycles. The number of rotatable bonds is 2. The Labute approximate surface area is 118 Å². The fourth-order valence-corrected chi connectivity index (χ4v) is 2.25. The second-order valence-corrected chi connectivity index (χ2v) is 5.21. The van der Waals surface area contributed by atoms with Gasteiger partial charge in [-0.1, -0.05) is 11.6 Å². The van der Waals surface area contributed by atoms with Gasteiger partial charge in [0.2, 0.25) is 0 Å². The average molecular weight is 332 g/mol. The lowest BCUT2D eigenvalue weighted by Crippen LogP contribution is -2.23. The first-order chi connectivity index (χ1) is 8.41. The molecule has 0 saturated heterocycles. The van der Waals surface area contributed by atoms with Gasteiger partial charge in [0, 0.05) is 12.6 Å². The standard InChI is InChI=1S/C11H12BrClN4O/c1-6-8(10(13)16(3)15-6)4-17-5-14-7(2)9(12)11(17)18/h5H,4H2,1-3H3. The predicted octanol–water partition coefficient (Wildman–Crippen LogP) is 2.06. The molecule has 2 heterocycles. The van der Waals surface area contributed by atoms with E-state index >= 15 is 0 Å². The maximum atomic E-state index is 12.0. The van der Waals surface area contributed by atoms with Crippen LogP contribution in [0.25, 0.3) is 0 Å². The summed E-state index contributed by atoms with van der Waals surface area (Å²) in [4.78, 5) is 16.2. The number of aryl methyl sites for hydroxylation is 3. The smallest absolute Gasteiger partial charge is 0.268 e. The van der Waals surface area contributed by atoms with Crippen molar-refractivity contribution < 1.29 is 0 Å². The molecule has 2 rings (SSSR count). The highest BCUT2D eigenvalue weighted by Gasteiger charge is 2.13. The monoisotopic (exact) mass is 330 g/mol. The van der Waals surface area contributed by atoms with Gasteiger partial charge in [0.1, 0.15) is 9.63 Å². The number of aromatic nitrogens is 4. The van der Waals surface area contributed by atoms with E-state index in [4.69, 9.17) is 11.6 Å². The van der Waals surface area contributed by atoms with Crippen molar-refractivity contribution in [3.8, 4) is 0 Å². The quantitative estimate of drug-likeness (QED) is 0.846. The van der Waals surface area contributed by atoms with E-state index in [0.29, 0.717) is 21.9 Å². The number of hydrogen-bond donors (Lipinski definition) is 0. The summed E-state index contributed by atoms with van der Waals surface area (Å²) >= 11 is 9.38. The molecule has 0 unspecified atom stereocenters. The van der Waals surface area contributed by atoms with E-state index in [9.17, 15) is 4.79 Å². The Hall–Kier alpha value is -1.14. The Kier molecular flexibility index (Phi) is 3.59. The Balaban J connectivity index is 2.47.